The lowest BCUT2D eigenvalue weighted by molar-refractivity contribution is 0.0525. The minimum atomic E-state index is -0.675. The summed E-state index contributed by atoms with van der Waals surface area (Å²) in [6.45, 7) is 11.0. The summed E-state index contributed by atoms with van der Waals surface area (Å²) < 4.78 is 16.8. The molecule has 3 rings (SSSR count). The first-order valence-electron chi connectivity index (χ1n) is 12.5. The Hall–Kier alpha value is -4.14. The molecular formula is C29H36N4O5. The van der Waals surface area contributed by atoms with Gasteiger partial charge in [0, 0.05) is 18.2 Å². The average molecular weight is 521 g/mol. The molecule has 2 aromatic carbocycles. The van der Waals surface area contributed by atoms with Crippen molar-refractivity contribution in [2.45, 2.75) is 58.7 Å². The lowest BCUT2D eigenvalue weighted by atomic mass is 9.78. The monoisotopic (exact) mass is 520 g/mol. The normalized spacial score (nSPS) is 11.5. The van der Waals surface area contributed by atoms with Crippen LogP contribution in [0.2, 0.25) is 0 Å². The van der Waals surface area contributed by atoms with E-state index in [0.29, 0.717) is 31.0 Å². The van der Waals surface area contributed by atoms with E-state index < -0.39 is 17.6 Å². The van der Waals surface area contributed by atoms with Gasteiger partial charge in [-0.2, -0.15) is 0 Å². The maximum absolute atomic E-state index is 11.7. The molecule has 2 amide bonds. The third kappa shape index (κ3) is 8.47. The van der Waals surface area contributed by atoms with Gasteiger partial charge in [-0.05, 0) is 68.7 Å². The number of hydrogen-bond acceptors (Lipinski definition) is 7. The molecule has 3 N–H and O–H groups in total. The number of ether oxygens (including phenoxy) is 3. The first kappa shape index (κ1) is 28.4. The number of hydrogen-bond donors (Lipinski definition) is 2. The van der Waals surface area contributed by atoms with Gasteiger partial charge in [-0.3, -0.25) is 4.79 Å². The molecule has 0 bridgehead atoms. The fraction of sp³-hybridized carbons (Fsp3) is 0.379. The number of alkyl carbamates (subject to hydrolysis) is 1. The molecule has 0 aliphatic heterocycles. The molecule has 0 spiro atoms. The van der Waals surface area contributed by atoms with Gasteiger partial charge in [0.15, 0.2) is 0 Å². The molecule has 0 aliphatic carbocycles. The van der Waals surface area contributed by atoms with Crippen molar-refractivity contribution in [3.8, 4) is 11.5 Å². The van der Waals surface area contributed by atoms with Crippen LogP contribution in [-0.2, 0) is 16.8 Å². The zero-order valence-corrected chi connectivity index (χ0v) is 22.6. The van der Waals surface area contributed by atoms with Crippen LogP contribution in [0.25, 0.3) is 0 Å². The molecule has 0 unspecified atom stereocenters. The van der Waals surface area contributed by atoms with Crippen molar-refractivity contribution >= 4 is 12.0 Å². The van der Waals surface area contributed by atoms with Gasteiger partial charge in [0.05, 0.1) is 12.3 Å². The number of nitrogens with one attached hydrogen (secondary N) is 1. The zero-order chi connectivity index (χ0) is 27.8. The van der Waals surface area contributed by atoms with E-state index in [0.717, 1.165) is 16.9 Å². The molecule has 0 saturated heterocycles. The number of aromatic nitrogens is 2. The SMILES string of the molecule is CC(C)(C)OC(=O)NCCCOc1ccc(C(C)(C)c2ccc(OCc3ccnc(C(N)=O)n3)cc2)cc1. The van der Waals surface area contributed by atoms with Crippen molar-refractivity contribution in [3.63, 3.8) is 0 Å². The molecular weight excluding hydrogens is 484 g/mol. The summed E-state index contributed by atoms with van der Waals surface area (Å²) in [5.74, 6) is 0.754. The predicted molar refractivity (Wildman–Crippen MR) is 144 cm³/mol. The van der Waals surface area contributed by atoms with Gasteiger partial charge < -0.3 is 25.3 Å². The Morgan fingerprint density at radius 2 is 1.45 bits per heavy atom. The number of rotatable bonds is 11. The maximum atomic E-state index is 11.7. The zero-order valence-electron chi connectivity index (χ0n) is 22.6. The van der Waals surface area contributed by atoms with E-state index in [2.05, 4.69) is 41.3 Å². The van der Waals surface area contributed by atoms with Crippen LogP contribution in [0.3, 0.4) is 0 Å². The van der Waals surface area contributed by atoms with E-state index in [1.165, 1.54) is 6.20 Å². The summed E-state index contributed by atoms with van der Waals surface area (Å²) in [5, 5.41) is 2.73. The van der Waals surface area contributed by atoms with Gasteiger partial charge in [-0.15, -0.1) is 0 Å². The van der Waals surface area contributed by atoms with Crippen molar-refractivity contribution in [1.82, 2.24) is 15.3 Å². The van der Waals surface area contributed by atoms with Gasteiger partial charge in [-0.25, -0.2) is 14.8 Å². The first-order valence-corrected chi connectivity index (χ1v) is 12.5. The highest BCUT2D eigenvalue weighted by molar-refractivity contribution is 5.88. The van der Waals surface area contributed by atoms with Crippen molar-refractivity contribution in [1.29, 1.82) is 0 Å². The topological polar surface area (TPSA) is 126 Å². The van der Waals surface area contributed by atoms with Crippen LogP contribution in [0.1, 0.15) is 68.5 Å². The molecule has 9 heteroatoms. The highest BCUT2D eigenvalue weighted by Gasteiger charge is 2.23. The Labute approximate surface area is 223 Å². The Kier molecular flexibility index (Phi) is 9.28. The quantitative estimate of drug-likeness (QED) is 0.349. The van der Waals surface area contributed by atoms with E-state index in [1.807, 2.05) is 57.2 Å². The second-order valence-electron chi connectivity index (χ2n) is 10.3. The summed E-state index contributed by atoms with van der Waals surface area (Å²) >= 11 is 0. The highest BCUT2D eigenvalue weighted by Crippen LogP contribution is 2.33. The lowest BCUT2D eigenvalue weighted by Gasteiger charge is -2.26. The minimum absolute atomic E-state index is 0.0326. The first-order chi connectivity index (χ1) is 17.9. The molecule has 0 fully saturated rings. The molecule has 0 saturated carbocycles. The Morgan fingerprint density at radius 1 is 0.868 bits per heavy atom. The summed E-state index contributed by atoms with van der Waals surface area (Å²) in [5.41, 5.74) is 7.33. The Bertz CT molecular complexity index is 1220. The molecule has 3 aromatic rings. The number of carbonyl (C=O) groups is 2. The third-order valence-corrected chi connectivity index (χ3v) is 5.73. The van der Waals surface area contributed by atoms with Crippen molar-refractivity contribution in [3.05, 3.63) is 83.4 Å². The second-order valence-corrected chi connectivity index (χ2v) is 10.3. The van der Waals surface area contributed by atoms with Crippen molar-refractivity contribution in [2.24, 2.45) is 5.73 Å². The van der Waals surface area contributed by atoms with E-state index >= 15 is 0 Å². The van der Waals surface area contributed by atoms with Crippen LogP contribution < -0.4 is 20.5 Å². The molecule has 202 valence electrons. The predicted octanol–water partition coefficient (Wildman–Crippen LogP) is 4.77. The third-order valence-electron chi connectivity index (χ3n) is 5.73. The van der Waals surface area contributed by atoms with Crippen molar-refractivity contribution in [2.75, 3.05) is 13.2 Å². The van der Waals surface area contributed by atoms with Gasteiger partial charge >= 0.3 is 6.09 Å². The number of nitrogens with two attached hydrogens (primary N) is 1. The van der Waals surface area contributed by atoms with E-state index in [9.17, 15) is 9.59 Å². The van der Waals surface area contributed by atoms with Gasteiger partial charge in [0.1, 0.15) is 23.7 Å². The van der Waals surface area contributed by atoms with Crippen LogP contribution in [0.15, 0.2) is 60.8 Å². The summed E-state index contributed by atoms with van der Waals surface area (Å²) in [6, 6.07) is 17.6. The van der Waals surface area contributed by atoms with Crippen LogP contribution in [0.5, 0.6) is 11.5 Å². The van der Waals surface area contributed by atoms with Gasteiger partial charge in [-0.1, -0.05) is 38.1 Å². The smallest absolute Gasteiger partial charge is 0.407 e. The molecule has 0 radical (unpaired) electrons. The highest BCUT2D eigenvalue weighted by atomic mass is 16.6. The van der Waals surface area contributed by atoms with Crippen molar-refractivity contribution < 1.29 is 23.8 Å². The number of benzene rings is 2. The Balaban J connectivity index is 1.49. The van der Waals surface area contributed by atoms with Crippen LogP contribution >= 0.6 is 0 Å². The van der Waals surface area contributed by atoms with E-state index in [-0.39, 0.29) is 17.8 Å². The molecule has 9 nitrogen and oxygen atoms in total. The number of carbonyl (C=O) groups excluding carboxylic acids is 2. The molecule has 1 heterocycles. The molecule has 38 heavy (non-hydrogen) atoms. The fourth-order valence-electron chi connectivity index (χ4n) is 3.62. The summed E-state index contributed by atoms with van der Waals surface area (Å²) in [4.78, 5) is 30.9. The van der Waals surface area contributed by atoms with Gasteiger partial charge in [0.25, 0.3) is 5.91 Å². The second kappa shape index (κ2) is 12.4. The fourth-order valence-corrected chi connectivity index (χ4v) is 3.62. The van der Waals surface area contributed by atoms with Crippen LogP contribution in [0, 0.1) is 0 Å². The molecule has 0 aliphatic rings. The Morgan fingerprint density at radius 3 is 2.00 bits per heavy atom. The maximum Gasteiger partial charge on any atom is 0.407 e. The largest absolute Gasteiger partial charge is 0.494 e. The minimum Gasteiger partial charge on any atom is -0.494 e. The summed E-state index contributed by atoms with van der Waals surface area (Å²) in [6.07, 6.45) is 1.73. The molecule has 1 aromatic heterocycles. The number of nitrogens with zero attached hydrogens (tertiary/aromatic N) is 2. The van der Waals surface area contributed by atoms with E-state index in [1.54, 1.807) is 6.07 Å². The van der Waals surface area contributed by atoms with E-state index in [4.69, 9.17) is 19.9 Å². The molecule has 0 atom stereocenters. The average Bonchev–Trinajstić information content (AvgIpc) is 2.87. The standard InChI is InChI=1S/C29H36N4O5/c1-28(2,3)38-27(35)32-16-6-18-36-23-11-7-20(8-12-23)29(4,5)21-9-13-24(14-10-21)37-19-22-15-17-31-26(33-22)25(30)34/h7-15,17H,6,16,18-19H2,1-5H3,(H2,30,34)(H,32,35). The lowest BCUT2D eigenvalue weighted by Crippen LogP contribution is -2.33. The number of primary amides is 1. The van der Waals surface area contributed by atoms with Gasteiger partial charge in [0.2, 0.25) is 5.82 Å². The van der Waals surface area contributed by atoms with Crippen LogP contribution in [0.4, 0.5) is 4.79 Å². The van der Waals surface area contributed by atoms with Crippen LogP contribution in [-0.4, -0.2) is 40.7 Å². The number of amides is 2. The summed E-state index contributed by atoms with van der Waals surface area (Å²) in [7, 11) is 0.